The Kier molecular flexibility index (Phi) is 595. The molecule has 0 unspecified atom stereocenters. The molecule has 0 bridgehead atoms. The van der Waals surface area contributed by atoms with Crippen molar-refractivity contribution in [1.82, 2.24) is 0 Å². The molecule has 0 aromatic rings. The van der Waals surface area contributed by atoms with Crippen LogP contribution in [0.25, 0.3) is 0 Å². The Hall–Kier alpha value is 1.08. The molecule has 0 aliphatic carbocycles. The van der Waals surface area contributed by atoms with Gasteiger partial charge in [0.05, 0.1) is 0 Å². The van der Waals surface area contributed by atoms with Crippen LogP contribution in [0, 0.1) is 0 Å². The van der Waals surface area contributed by atoms with E-state index < -0.39 is 0 Å². The summed E-state index contributed by atoms with van der Waals surface area (Å²) in [6, 6.07) is 0. The molecule has 0 saturated heterocycles. The van der Waals surface area contributed by atoms with Gasteiger partial charge in [-0.2, -0.15) is 0 Å². The summed E-state index contributed by atoms with van der Waals surface area (Å²) in [6.45, 7) is 0. The van der Waals surface area contributed by atoms with Gasteiger partial charge in [0.2, 0.25) is 0 Å². The van der Waals surface area contributed by atoms with Gasteiger partial charge in [-0.3, -0.25) is 0 Å². The molecule has 0 fully saturated rings. The summed E-state index contributed by atoms with van der Waals surface area (Å²) in [5, 5.41) is 0. The van der Waals surface area contributed by atoms with Crippen LogP contribution < -0.4 is 42.4 Å². The fraction of sp³-hybridized carbons (Fsp3) is 0. The van der Waals surface area contributed by atoms with E-state index in [-0.39, 0.29) is 47.9 Å². The van der Waals surface area contributed by atoms with Crippen molar-refractivity contribution in [2.24, 2.45) is 0 Å². The topological polar surface area (TPSA) is 31.5 Å². The zero-order valence-corrected chi connectivity index (χ0v) is 2.88. The summed E-state index contributed by atoms with van der Waals surface area (Å²) in [5.41, 5.74) is 0. The normalized spacial score (nSPS) is 0. The minimum atomic E-state index is 0. The molecule has 0 spiro atoms. The van der Waals surface area contributed by atoms with Crippen molar-refractivity contribution in [3.63, 3.8) is 0 Å². The Labute approximate surface area is 48.2 Å². The van der Waals surface area contributed by atoms with Gasteiger partial charge in [0.15, 0.2) is 0 Å². The second-order valence-electron chi connectivity index (χ2n) is 0. The summed E-state index contributed by atoms with van der Waals surface area (Å²) in [6.07, 6.45) is 0. The molecule has 0 aromatic carbocycles. The molecule has 4 heteroatoms. The molecular weight excluding hydrogens is 48.9 g/mol. The Bertz CT molecular complexity index is 6.00. The van der Waals surface area contributed by atoms with Gasteiger partial charge >= 0.3 is 37.7 Å². The predicted octanol–water partition coefficient (Wildman–Crippen LogP) is -9.81. The number of rotatable bonds is 0. The van der Waals surface area contributed by atoms with Crippen LogP contribution in [0.15, 0.2) is 0 Å². The second-order valence-corrected chi connectivity index (χ2v) is 0. The molecule has 0 rings (SSSR count). The van der Waals surface area contributed by atoms with Crippen LogP contribution in [-0.2, 0) is 0 Å². The maximum Gasteiger partial charge on any atom is 1.00 e. The summed E-state index contributed by atoms with van der Waals surface area (Å²) >= 11 is 0. The number of hydrogen-bond acceptors (Lipinski definition) is 0. The van der Waals surface area contributed by atoms with Gasteiger partial charge < -0.3 is 10.2 Å². The van der Waals surface area contributed by atoms with Gasteiger partial charge in [-0.1, -0.05) is 0 Å². The Morgan fingerprint density at radius 1 is 0.750 bits per heavy atom. The summed E-state index contributed by atoms with van der Waals surface area (Å²) < 4.78 is 0. The van der Waals surface area contributed by atoms with E-state index in [1.165, 1.54) is 0 Å². The van der Waals surface area contributed by atoms with Gasteiger partial charge in [-0.25, -0.2) is 0 Å². The predicted molar refractivity (Wildman–Crippen MR) is 3.61 cm³/mol. The molecular formula is H2FLi2O+. The minimum absolute atomic E-state index is 0. The molecule has 0 saturated carbocycles. The Balaban J connectivity index is 0. The Morgan fingerprint density at radius 2 is 0.750 bits per heavy atom. The average Bonchev–Trinajstić information content (AvgIpc) is 0. The van der Waals surface area contributed by atoms with Crippen molar-refractivity contribution in [1.29, 1.82) is 0 Å². The minimum Gasteiger partial charge on any atom is -1.00 e. The van der Waals surface area contributed by atoms with Gasteiger partial charge in [0.1, 0.15) is 0 Å². The standard InChI is InChI=1S/FH.2Li.H2O/h1H;;;1H2/q;2*+1;/p-1. The molecule has 0 heterocycles. The average molecular weight is 50.9 g/mol. The van der Waals surface area contributed by atoms with Crippen LogP contribution in [0.1, 0.15) is 0 Å². The van der Waals surface area contributed by atoms with E-state index in [1.54, 1.807) is 0 Å². The van der Waals surface area contributed by atoms with Gasteiger partial charge in [0.25, 0.3) is 0 Å². The van der Waals surface area contributed by atoms with Crippen LogP contribution >= 0.6 is 0 Å². The molecule has 0 aromatic heterocycles. The molecule has 0 aliphatic rings. The first kappa shape index (κ1) is 72.1. The maximum atomic E-state index is 0. The first-order chi connectivity index (χ1) is 0. The molecule has 0 atom stereocenters. The maximum absolute atomic E-state index is 0. The summed E-state index contributed by atoms with van der Waals surface area (Å²) in [4.78, 5) is 0. The molecule has 4 heavy (non-hydrogen) atoms. The van der Waals surface area contributed by atoms with E-state index in [4.69, 9.17) is 0 Å². The molecule has 0 amide bonds. The van der Waals surface area contributed by atoms with E-state index in [2.05, 4.69) is 0 Å². The second kappa shape index (κ2) is 33.0. The van der Waals surface area contributed by atoms with Crippen LogP contribution in [-0.4, -0.2) is 5.48 Å². The third-order valence-electron chi connectivity index (χ3n) is 0. The molecule has 0 radical (unpaired) electrons. The van der Waals surface area contributed by atoms with Crippen LogP contribution in [0.5, 0.6) is 0 Å². The van der Waals surface area contributed by atoms with E-state index >= 15 is 0 Å². The van der Waals surface area contributed by atoms with E-state index in [0.29, 0.717) is 0 Å². The van der Waals surface area contributed by atoms with E-state index in [1.807, 2.05) is 0 Å². The number of halogens is 1. The van der Waals surface area contributed by atoms with E-state index in [0.717, 1.165) is 0 Å². The first-order valence-corrected chi connectivity index (χ1v) is 0. The third-order valence-corrected chi connectivity index (χ3v) is 0. The van der Waals surface area contributed by atoms with Crippen molar-refractivity contribution in [2.75, 3.05) is 0 Å². The van der Waals surface area contributed by atoms with Crippen molar-refractivity contribution < 1.29 is 47.9 Å². The first-order valence-electron chi connectivity index (χ1n) is 0. The smallest absolute Gasteiger partial charge is 1.00 e. The molecule has 0 aliphatic heterocycles. The summed E-state index contributed by atoms with van der Waals surface area (Å²) in [7, 11) is 0. The van der Waals surface area contributed by atoms with Crippen LogP contribution in [0.3, 0.4) is 0 Å². The molecule has 2 N–H and O–H groups in total. The van der Waals surface area contributed by atoms with Crippen molar-refractivity contribution in [3.8, 4) is 0 Å². The zero-order valence-electron chi connectivity index (χ0n) is 2.88. The fourth-order valence-electron chi connectivity index (χ4n) is 0. The van der Waals surface area contributed by atoms with Gasteiger partial charge in [0, 0.05) is 0 Å². The molecule has 1 nitrogen and oxygen atoms in total. The van der Waals surface area contributed by atoms with Crippen LogP contribution in [0.2, 0.25) is 0 Å². The van der Waals surface area contributed by atoms with Crippen molar-refractivity contribution in [2.45, 2.75) is 0 Å². The monoisotopic (exact) mass is 51.0 g/mol. The van der Waals surface area contributed by atoms with Crippen molar-refractivity contribution >= 4 is 0 Å². The third kappa shape index (κ3) is 11.4. The Morgan fingerprint density at radius 3 is 0.750 bits per heavy atom. The van der Waals surface area contributed by atoms with Crippen LogP contribution in [0.4, 0.5) is 0 Å². The van der Waals surface area contributed by atoms with Gasteiger partial charge in [-0.15, -0.1) is 0 Å². The van der Waals surface area contributed by atoms with E-state index in [9.17, 15) is 0 Å². The van der Waals surface area contributed by atoms with Crippen molar-refractivity contribution in [3.05, 3.63) is 0 Å². The molecule has 16 valence electrons. The summed E-state index contributed by atoms with van der Waals surface area (Å²) in [5.74, 6) is 0. The SMILES string of the molecule is O.[F-].[Li+].[Li+]. The zero-order chi connectivity index (χ0) is 0. The van der Waals surface area contributed by atoms with Gasteiger partial charge in [-0.05, 0) is 0 Å². The number of hydrogen-bond donors (Lipinski definition) is 0. The largest absolute Gasteiger partial charge is 1.00 e. The fourth-order valence-corrected chi connectivity index (χ4v) is 0. The quantitative estimate of drug-likeness (QED) is 0.245.